The van der Waals surface area contributed by atoms with E-state index in [0.717, 1.165) is 37.8 Å². The average Bonchev–Trinajstić information content (AvgIpc) is 3.07. The summed E-state index contributed by atoms with van der Waals surface area (Å²) < 4.78 is 0. The van der Waals surface area contributed by atoms with Crippen LogP contribution in [0.2, 0.25) is 5.02 Å². The van der Waals surface area contributed by atoms with Crippen molar-refractivity contribution in [2.24, 2.45) is 10.9 Å². The molecular weight excluding hydrogens is 336 g/mol. The lowest BCUT2D eigenvalue weighted by Gasteiger charge is -2.30. The number of nitrogens with one attached hydrogen (secondary N) is 2. The third-order valence-corrected chi connectivity index (χ3v) is 5.37. The van der Waals surface area contributed by atoms with Crippen LogP contribution in [0.15, 0.2) is 23.3 Å². The topological polar surface area (TPSA) is 55.8 Å². The van der Waals surface area contributed by atoms with Crippen LogP contribution in [-0.2, 0) is 0 Å². The Kier molecular flexibility index (Phi) is 6.37. The van der Waals surface area contributed by atoms with E-state index in [1.54, 1.807) is 6.20 Å². The SMILES string of the molecule is CN=C(NCC1CCCN(C)C1)NC1CCN(c2ncccc2Cl)C1. The van der Waals surface area contributed by atoms with Crippen molar-refractivity contribution in [2.45, 2.75) is 25.3 Å². The molecule has 0 amide bonds. The number of nitrogens with zero attached hydrogens (tertiary/aromatic N) is 4. The zero-order chi connectivity index (χ0) is 17.6. The van der Waals surface area contributed by atoms with Gasteiger partial charge in [-0.2, -0.15) is 0 Å². The maximum Gasteiger partial charge on any atom is 0.191 e. The van der Waals surface area contributed by atoms with Crippen LogP contribution >= 0.6 is 11.6 Å². The number of aliphatic imine (C=N–C) groups is 1. The number of halogens is 1. The number of pyridine rings is 1. The van der Waals surface area contributed by atoms with Gasteiger partial charge < -0.3 is 20.4 Å². The van der Waals surface area contributed by atoms with E-state index in [0.29, 0.717) is 17.0 Å². The minimum atomic E-state index is 0.360. The van der Waals surface area contributed by atoms with Crippen molar-refractivity contribution in [2.75, 3.05) is 51.7 Å². The van der Waals surface area contributed by atoms with Crippen molar-refractivity contribution >= 4 is 23.4 Å². The Morgan fingerprint density at radius 1 is 1.36 bits per heavy atom. The van der Waals surface area contributed by atoms with Crippen molar-refractivity contribution in [3.63, 3.8) is 0 Å². The normalized spacial score (nSPS) is 25.2. The number of hydrogen-bond donors (Lipinski definition) is 2. The molecule has 25 heavy (non-hydrogen) atoms. The van der Waals surface area contributed by atoms with Crippen molar-refractivity contribution in [3.05, 3.63) is 23.4 Å². The first-order valence-corrected chi connectivity index (χ1v) is 9.54. The van der Waals surface area contributed by atoms with Crippen LogP contribution in [0.1, 0.15) is 19.3 Å². The predicted octanol–water partition coefficient (Wildman–Crippen LogP) is 1.82. The van der Waals surface area contributed by atoms with Gasteiger partial charge in [-0.1, -0.05) is 11.6 Å². The summed E-state index contributed by atoms with van der Waals surface area (Å²) in [7, 11) is 4.04. The summed E-state index contributed by atoms with van der Waals surface area (Å²) in [6, 6.07) is 4.12. The molecule has 2 atom stereocenters. The lowest BCUT2D eigenvalue weighted by Crippen LogP contribution is -2.47. The maximum absolute atomic E-state index is 6.27. The van der Waals surface area contributed by atoms with Crippen LogP contribution in [-0.4, -0.2) is 68.7 Å². The van der Waals surface area contributed by atoms with Crippen LogP contribution < -0.4 is 15.5 Å². The van der Waals surface area contributed by atoms with E-state index >= 15 is 0 Å². The van der Waals surface area contributed by atoms with Gasteiger partial charge >= 0.3 is 0 Å². The van der Waals surface area contributed by atoms with Crippen molar-refractivity contribution in [3.8, 4) is 0 Å². The molecule has 2 fully saturated rings. The summed E-state index contributed by atoms with van der Waals surface area (Å²) in [6.45, 7) is 5.21. The molecule has 0 saturated carbocycles. The van der Waals surface area contributed by atoms with Gasteiger partial charge in [-0.25, -0.2) is 4.98 Å². The molecule has 2 unspecified atom stereocenters. The Morgan fingerprint density at radius 2 is 2.24 bits per heavy atom. The smallest absolute Gasteiger partial charge is 0.191 e. The number of aromatic nitrogens is 1. The third kappa shape index (κ3) is 4.98. The van der Waals surface area contributed by atoms with E-state index in [-0.39, 0.29) is 0 Å². The fraction of sp³-hybridized carbons (Fsp3) is 0.667. The molecule has 0 radical (unpaired) electrons. The van der Waals surface area contributed by atoms with Gasteiger partial charge in [0.2, 0.25) is 0 Å². The quantitative estimate of drug-likeness (QED) is 0.630. The average molecular weight is 365 g/mol. The highest BCUT2D eigenvalue weighted by Gasteiger charge is 2.25. The van der Waals surface area contributed by atoms with Crippen LogP contribution in [0.3, 0.4) is 0 Å². The van der Waals surface area contributed by atoms with Gasteiger partial charge in [0.25, 0.3) is 0 Å². The molecule has 0 spiro atoms. The lowest BCUT2D eigenvalue weighted by molar-refractivity contribution is 0.210. The van der Waals surface area contributed by atoms with Gasteiger partial charge in [-0.3, -0.25) is 4.99 Å². The lowest BCUT2D eigenvalue weighted by atomic mass is 9.99. The van der Waals surface area contributed by atoms with Gasteiger partial charge in [0.15, 0.2) is 5.96 Å². The molecule has 1 aromatic rings. The molecule has 0 bridgehead atoms. The van der Waals surface area contributed by atoms with Gasteiger partial charge in [-0.05, 0) is 50.9 Å². The van der Waals surface area contributed by atoms with Crippen molar-refractivity contribution < 1.29 is 0 Å². The van der Waals surface area contributed by atoms with E-state index in [1.165, 1.54) is 25.9 Å². The molecule has 3 rings (SSSR count). The highest BCUT2D eigenvalue weighted by molar-refractivity contribution is 6.32. The van der Waals surface area contributed by atoms with Crippen molar-refractivity contribution in [1.29, 1.82) is 0 Å². The van der Waals surface area contributed by atoms with E-state index in [9.17, 15) is 0 Å². The minimum Gasteiger partial charge on any atom is -0.356 e. The third-order valence-electron chi connectivity index (χ3n) is 5.07. The first-order chi connectivity index (χ1) is 12.2. The number of anilines is 1. The molecule has 3 heterocycles. The molecule has 138 valence electrons. The molecule has 2 aliphatic heterocycles. The number of guanidine groups is 1. The first-order valence-electron chi connectivity index (χ1n) is 9.17. The Balaban J connectivity index is 1.47. The van der Waals surface area contributed by atoms with E-state index < -0.39 is 0 Å². The second-order valence-corrected chi connectivity index (χ2v) is 7.52. The van der Waals surface area contributed by atoms with Gasteiger partial charge in [0, 0.05) is 45.5 Å². The number of piperidine rings is 1. The van der Waals surface area contributed by atoms with Crippen LogP contribution in [0, 0.1) is 5.92 Å². The standard InChI is InChI=1S/C18H29ClN6/c1-20-18(22-11-14-5-4-9-24(2)12-14)23-15-7-10-25(13-15)17-16(19)6-3-8-21-17/h3,6,8,14-15H,4-5,7,9-13H2,1-2H3,(H2,20,22,23). The second-order valence-electron chi connectivity index (χ2n) is 7.11. The van der Waals surface area contributed by atoms with E-state index in [4.69, 9.17) is 11.6 Å². The number of rotatable bonds is 4. The molecule has 0 aromatic carbocycles. The van der Waals surface area contributed by atoms with E-state index in [1.807, 2.05) is 19.2 Å². The number of likely N-dealkylation sites (tertiary alicyclic amines) is 1. The van der Waals surface area contributed by atoms with Crippen molar-refractivity contribution in [1.82, 2.24) is 20.5 Å². The van der Waals surface area contributed by atoms with Gasteiger partial charge in [-0.15, -0.1) is 0 Å². The first kappa shape index (κ1) is 18.3. The summed E-state index contributed by atoms with van der Waals surface area (Å²) in [6.07, 6.45) is 5.43. The monoisotopic (exact) mass is 364 g/mol. The molecule has 7 heteroatoms. The van der Waals surface area contributed by atoms with Crippen LogP contribution in [0.4, 0.5) is 5.82 Å². The Bertz CT molecular complexity index is 593. The highest BCUT2D eigenvalue weighted by Crippen LogP contribution is 2.25. The van der Waals surface area contributed by atoms with Gasteiger partial charge in [0.1, 0.15) is 5.82 Å². The molecule has 2 aliphatic rings. The Labute approximate surface area is 155 Å². The summed E-state index contributed by atoms with van der Waals surface area (Å²) >= 11 is 6.27. The molecule has 2 N–H and O–H groups in total. The predicted molar refractivity (Wildman–Crippen MR) is 105 cm³/mol. The number of hydrogen-bond acceptors (Lipinski definition) is 4. The fourth-order valence-electron chi connectivity index (χ4n) is 3.75. The maximum atomic E-state index is 6.27. The summed E-state index contributed by atoms with van der Waals surface area (Å²) in [5.41, 5.74) is 0. The summed E-state index contributed by atoms with van der Waals surface area (Å²) in [5.74, 6) is 2.47. The molecule has 2 saturated heterocycles. The largest absolute Gasteiger partial charge is 0.356 e. The highest BCUT2D eigenvalue weighted by atomic mass is 35.5. The zero-order valence-electron chi connectivity index (χ0n) is 15.2. The minimum absolute atomic E-state index is 0.360. The summed E-state index contributed by atoms with van der Waals surface area (Å²) in [5, 5.41) is 7.77. The second kappa shape index (κ2) is 8.72. The van der Waals surface area contributed by atoms with Crippen LogP contribution in [0.5, 0.6) is 0 Å². The van der Waals surface area contributed by atoms with Crippen LogP contribution in [0.25, 0.3) is 0 Å². The Morgan fingerprint density at radius 3 is 3.00 bits per heavy atom. The molecular formula is C18H29ClN6. The fourth-order valence-corrected chi connectivity index (χ4v) is 3.99. The summed E-state index contributed by atoms with van der Waals surface area (Å²) in [4.78, 5) is 13.5. The van der Waals surface area contributed by atoms with Gasteiger partial charge in [0.05, 0.1) is 5.02 Å². The van der Waals surface area contributed by atoms with E-state index in [2.05, 4.69) is 37.5 Å². The molecule has 0 aliphatic carbocycles. The zero-order valence-corrected chi connectivity index (χ0v) is 16.0. The molecule has 1 aromatic heterocycles. The molecule has 6 nitrogen and oxygen atoms in total. The Hall–Kier alpha value is -1.53.